The molecular weight excluding hydrogens is 917 g/mol. The molecule has 0 atom stereocenters. The SMILES string of the molecule is CCCCCCCCCCCCCCCCCCCCCCCCNC(=O)c1ccc(C(=O)NCCCCCCCCCCCCCCCCCCCCCCCC)c(OCCCCCCCCCCCCCC)c1. The fourth-order valence-corrected chi connectivity index (χ4v) is 11.2. The number of carbonyl (C=O) groups excluding carboxylic acids is 2. The van der Waals surface area contributed by atoms with Gasteiger partial charge in [-0.1, -0.05) is 361 Å². The van der Waals surface area contributed by atoms with Crippen LogP contribution in [0, 0.1) is 0 Å². The van der Waals surface area contributed by atoms with Crippen LogP contribution < -0.4 is 15.4 Å². The van der Waals surface area contributed by atoms with Crippen LogP contribution in [-0.4, -0.2) is 31.5 Å². The maximum absolute atomic E-state index is 13.5. The van der Waals surface area contributed by atoms with Gasteiger partial charge in [-0.25, -0.2) is 0 Å². The molecule has 1 aromatic rings. The molecule has 1 rings (SSSR count). The standard InChI is InChI=1S/C70H132N2O3/c1-4-7-10-13-16-19-22-25-27-29-31-33-35-37-39-41-43-45-48-51-54-57-62-71-69(73)66-60-61-67(68(65-66)75-64-59-56-53-50-47-24-21-18-15-12-9-6-3)70(74)72-63-58-55-52-49-46-44-42-40-38-36-34-32-30-28-26-23-20-17-14-11-8-5-2/h60-61,65H,4-59,62-64H2,1-3H3,(H,71,73)(H,72,74). The quantitative estimate of drug-likeness (QED) is 0.0639. The Bertz CT molecular complexity index is 1310. The van der Waals surface area contributed by atoms with Crippen LogP contribution in [0.5, 0.6) is 5.75 Å². The minimum Gasteiger partial charge on any atom is -0.493 e. The van der Waals surface area contributed by atoms with Gasteiger partial charge < -0.3 is 15.4 Å². The Hall–Kier alpha value is -2.04. The molecule has 0 bridgehead atoms. The van der Waals surface area contributed by atoms with E-state index in [0.29, 0.717) is 36.6 Å². The Morgan fingerprint density at radius 1 is 0.293 bits per heavy atom. The number of hydrogen-bond donors (Lipinski definition) is 2. The zero-order valence-electron chi connectivity index (χ0n) is 51.2. The summed E-state index contributed by atoms with van der Waals surface area (Å²) in [5.74, 6) is 0.377. The van der Waals surface area contributed by atoms with Gasteiger partial charge in [0.25, 0.3) is 11.8 Å². The minimum absolute atomic E-state index is 0.0736. The summed E-state index contributed by atoms with van der Waals surface area (Å²) >= 11 is 0. The Morgan fingerprint density at radius 3 is 0.787 bits per heavy atom. The van der Waals surface area contributed by atoms with Crippen LogP contribution in [0.4, 0.5) is 0 Å². The summed E-state index contributed by atoms with van der Waals surface area (Å²) in [4.78, 5) is 26.8. The van der Waals surface area contributed by atoms with Gasteiger partial charge in [0.2, 0.25) is 0 Å². The molecule has 1 aromatic carbocycles. The fraction of sp³-hybridized carbons (Fsp3) is 0.886. The highest BCUT2D eigenvalue weighted by atomic mass is 16.5. The summed E-state index contributed by atoms with van der Waals surface area (Å²) in [6.07, 6.45) is 76.2. The molecule has 0 aromatic heterocycles. The number of unbranched alkanes of at least 4 members (excludes halogenated alkanes) is 53. The van der Waals surface area contributed by atoms with Crippen molar-refractivity contribution in [2.45, 2.75) is 380 Å². The molecule has 0 radical (unpaired) electrons. The molecular formula is C70H132N2O3. The van der Waals surface area contributed by atoms with Gasteiger partial charge in [-0.05, 0) is 37.5 Å². The summed E-state index contributed by atoms with van der Waals surface area (Å²) in [5, 5.41) is 6.33. The minimum atomic E-state index is -0.0926. The normalized spacial score (nSPS) is 11.5. The predicted molar refractivity (Wildman–Crippen MR) is 332 cm³/mol. The molecule has 2 N–H and O–H groups in total. The lowest BCUT2D eigenvalue weighted by molar-refractivity contribution is 0.0937. The molecule has 5 heteroatoms. The Labute approximate surface area is 469 Å². The first kappa shape index (κ1) is 71.0. The van der Waals surface area contributed by atoms with E-state index in [1.165, 1.54) is 321 Å². The fourth-order valence-electron chi connectivity index (χ4n) is 11.2. The Balaban J connectivity index is 2.26. The topological polar surface area (TPSA) is 67.4 Å². The van der Waals surface area contributed by atoms with E-state index in [1.807, 2.05) is 6.07 Å². The van der Waals surface area contributed by atoms with E-state index < -0.39 is 0 Å². The van der Waals surface area contributed by atoms with Crippen LogP contribution in [0.3, 0.4) is 0 Å². The van der Waals surface area contributed by atoms with Crippen molar-refractivity contribution in [3.05, 3.63) is 29.3 Å². The van der Waals surface area contributed by atoms with Crippen LogP contribution in [-0.2, 0) is 0 Å². The average molecular weight is 1050 g/mol. The van der Waals surface area contributed by atoms with E-state index in [2.05, 4.69) is 31.4 Å². The third-order valence-electron chi connectivity index (χ3n) is 16.4. The molecule has 0 fully saturated rings. The van der Waals surface area contributed by atoms with Gasteiger partial charge >= 0.3 is 0 Å². The molecule has 5 nitrogen and oxygen atoms in total. The maximum Gasteiger partial charge on any atom is 0.255 e. The van der Waals surface area contributed by atoms with Gasteiger partial charge in [-0.15, -0.1) is 0 Å². The summed E-state index contributed by atoms with van der Waals surface area (Å²) in [6.45, 7) is 8.83. The molecule has 440 valence electrons. The lowest BCUT2D eigenvalue weighted by Gasteiger charge is -2.14. The number of carbonyl (C=O) groups is 2. The summed E-state index contributed by atoms with van der Waals surface area (Å²) in [7, 11) is 0. The number of ether oxygens (including phenoxy) is 1. The summed E-state index contributed by atoms with van der Waals surface area (Å²) in [5.41, 5.74) is 1.12. The summed E-state index contributed by atoms with van der Waals surface area (Å²) < 4.78 is 6.31. The zero-order valence-corrected chi connectivity index (χ0v) is 51.2. The van der Waals surface area contributed by atoms with Gasteiger partial charge in [0.05, 0.1) is 12.2 Å². The lowest BCUT2D eigenvalue weighted by Crippen LogP contribution is -2.26. The van der Waals surface area contributed by atoms with Crippen LogP contribution in [0.15, 0.2) is 18.2 Å². The second-order valence-corrected chi connectivity index (χ2v) is 23.8. The van der Waals surface area contributed by atoms with Crippen molar-refractivity contribution in [3.8, 4) is 5.75 Å². The van der Waals surface area contributed by atoms with Crippen molar-refractivity contribution in [1.82, 2.24) is 10.6 Å². The largest absolute Gasteiger partial charge is 0.493 e. The molecule has 0 aliphatic heterocycles. The third-order valence-corrected chi connectivity index (χ3v) is 16.4. The van der Waals surface area contributed by atoms with E-state index in [4.69, 9.17) is 4.74 Å². The van der Waals surface area contributed by atoms with Gasteiger partial charge in [-0.2, -0.15) is 0 Å². The maximum atomic E-state index is 13.5. The Kier molecular flexibility index (Phi) is 56.4. The van der Waals surface area contributed by atoms with Crippen molar-refractivity contribution >= 4 is 11.8 Å². The Morgan fingerprint density at radius 2 is 0.520 bits per heavy atom. The molecule has 0 aliphatic rings. The molecule has 0 aliphatic carbocycles. The van der Waals surface area contributed by atoms with Crippen molar-refractivity contribution in [2.24, 2.45) is 0 Å². The first-order valence-corrected chi connectivity index (χ1v) is 34.5. The van der Waals surface area contributed by atoms with Gasteiger partial charge in [0.15, 0.2) is 0 Å². The molecule has 0 heterocycles. The van der Waals surface area contributed by atoms with Crippen molar-refractivity contribution in [2.75, 3.05) is 19.7 Å². The van der Waals surface area contributed by atoms with Crippen molar-refractivity contribution in [1.29, 1.82) is 0 Å². The molecule has 0 unspecified atom stereocenters. The van der Waals surface area contributed by atoms with Crippen LogP contribution >= 0.6 is 0 Å². The number of hydrogen-bond acceptors (Lipinski definition) is 3. The average Bonchev–Trinajstić information content (AvgIpc) is 3.42. The monoisotopic (exact) mass is 1050 g/mol. The molecule has 0 spiro atoms. The van der Waals surface area contributed by atoms with E-state index in [1.54, 1.807) is 12.1 Å². The van der Waals surface area contributed by atoms with Crippen molar-refractivity contribution < 1.29 is 14.3 Å². The smallest absolute Gasteiger partial charge is 0.255 e. The highest BCUT2D eigenvalue weighted by Gasteiger charge is 2.16. The van der Waals surface area contributed by atoms with Gasteiger partial charge in [0.1, 0.15) is 5.75 Å². The number of rotatable bonds is 62. The van der Waals surface area contributed by atoms with Crippen LogP contribution in [0.2, 0.25) is 0 Å². The predicted octanol–water partition coefficient (Wildman–Crippen LogP) is 23.4. The second kappa shape index (κ2) is 59.6. The van der Waals surface area contributed by atoms with Gasteiger partial charge in [0, 0.05) is 18.7 Å². The van der Waals surface area contributed by atoms with Crippen LogP contribution in [0.1, 0.15) is 401 Å². The van der Waals surface area contributed by atoms with Gasteiger partial charge in [-0.3, -0.25) is 9.59 Å². The summed E-state index contributed by atoms with van der Waals surface area (Å²) in [6, 6.07) is 5.42. The molecule has 0 saturated heterocycles. The van der Waals surface area contributed by atoms with E-state index in [9.17, 15) is 9.59 Å². The number of nitrogens with one attached hydrogen (secondary N) is 2. The number of amides is 2. The molecule has 0 saturated carbocycles. The third kappa shape index (κ3) is 50.0. The first-order valence-electron chi connectivity index (χ1n) is 34.5. The van der Waals surface area contributed by atoms with E-state index in [0.717, 1.165) is 38.5 Å². The first-order chi connectivity index (χ1) is 37.1. The number of benzene rings is 1. The van der Waals surface area contributed by atoms with E-state index in [-0.39, 0.29) is 11.8 Å². The van der Waals surface area contributed by atoms with Crippen molar-refractivity contribution in [3.63, 3.8) is 0 Å². The van der Waals surface area contributed by atoms with Crippen LogP contribution in [0.25, 0.3) is 0 Å². The second-order valence-electron chi connectivity index (χ2n) is 23.8. The van der Waals surface area contributed by atoms with E-state index >= 15 is 0 Å². The molecule has 2 amide bonds. The lowest BCUT2D eigenvalue weighted by atomic mass is 10.0. The zero-order chi connectivity index (χ0) is 53.8. The highest BCUT2D eigenvalue weighted by molar-refractivity contribution is 6.00. The highest BCUT2D eigenvalue weighted by Crippen LogP contribution is 2.23. The molecule has 75 heavy (non-hydrogen) atoms.